The Kier molecular flexibility index (Phi) is 5.44. The molecule has 0 amide bonds. The zero-order chi connectivity index (χ0) is 14.6. The molecule has 1 saturated carbocycles. The van der Waals surface area contributed by atoms with Gasteiger partial charge in [0.1, 0.15) is 0 Å². The van der Waals surface area contributed by atoms with Crippen LogP contribution in [0.5, 0.6) is 0 Å². The molecule has 0 spiro atoms. The molecule has 1 aromatic rings. The summed E-state index contributed by atoms with van der Waals surface area (Å²) in [5.41, 5.74) is 1.55. The van der Waals surface area contributed by atoms with Crippen molar-refractivity contribution in [3.05, 3.63) is 34.9 Å². The van der Waals surface area contributed by atoms with Gasteiger partial charge in [-0.3, -0.25) is 0 Å². The van der Waals surface area contributed by atoms with Gasteiger partial charge in [-0.05, 0) is 42.0 Å². The second kappa shape index (κ2) is 6.90. The van der Waals surface area contributed by atoms with E-state index in [0.717, 1.165) is 23.0 Å². The third kappa shape index (κ3) is 5.06. The molecule has 0 saturated heterocycles. The molecule has 2 N–H and O–H groups in total. The zero-order valence-electron chi connectivity index (χ0n) is 12.2. The Balaban J connectivity index is 1.54. The van der Waals surface area contributed by atoms with Crippen LogP contribution in [-0.2, 0) is 11.3 Å². The molecule has 2 rings (SSSR count). The van der Waals surface area contributed by atoms with Crippen LogP contribution in [-0.4, -0.2) is 30.9 Å². The van der Waals surface area contributed by atoms with Gasteiger partial charge in [-0.15, -0.1) is 0 Å². The summed E-state index contributed by atoms with van der Waals surface area (Å²) in [6.07, 6.45) is 0.826. The first-order valence-corrected chi connectivity index (χ1v) is 7.56. The second-order valence-corrected chi connectivity index (χ2v) is 6.78. The van der Waals surface area contributed by atoms with Gasteiger partial charge in [-0.2, -0.15) is 0 Å². The second-order valence-electron chi connectivity index (χ2n) is 6.34. The molecule has 1 aliphatic carbocycles. The molecule has 112 valence electrons. The van der Waals surface area contributed by atoms with E-state index < -0.39 is 6.10 Å². The van der Waals surface area contributed by atoms with Crippen LogP contribution in [0, 0.1) is 11.3 Å². The van der Waals surface area contributed by atoms with Gasteiger partial charge in [0.15, 0.2) is 0 Å². The van der Waals surface area contributed by atoms with Crippen molar-refractivity contribution < 1.29 is 9.84 Å². The van der Waals surface area contributed by atoms with Crippen LogP contribution < -0.4 is 5.32 Å². The van der Waals surface area contributed by atoms with Crippen LogP contribution in [0.15, 0.2) is 24.3 Å². The number of aliphatic hydroxyl groups is 1. The molecule has 0 heterocycles. The molecule has 4 heteroatoms. The van der Waals surface area contributed by atoms with Crippen molar-refractivity contribution in [1.29, 1.82) is 0 Å². The number of hydrogen-bond acceptors (Lipinski definition) is 3. The Hall–Kier alpha value is -0.610. The molecule has 0 aromatic heterocycles. The summed E-state index contributed by atoms with van der Waals surface area (Å²) in [5, 5.41) is 13.9. The number of rotatable bonds is 8. The Bertz CT molecular complexity index is 419. The summed E-state index contributed by atoms with van der Waals surface area (Å²) >= 11 is 5.81. The summed E-state index contributed by atoms with van der Waals surface area (Å²) in [6.45, 7) is 7.00. The highest BCUT2D eigenvalue weighted by atomic mass is 35.5. The van der Waals surface area contributed by atoms with Crippen LogP contribution in [0.4, 0.5) is 0 Å². The summed E-state index contributed by atoms with van der Waals surface area (Å²) in [5.74, 6) is 0.754. The average molecular weight is 298 g/mol. The van der Waals surface area contributed by atoms with Crippen LogP contribution in [0.3, 0.4) is 0 Å². The minimum Gasteiger partial charge on any atom is -0.389 e. The predicted molar refractivity (Wildman–Crippen MR) is 81.9 cm³/mol. The standard InChI is InChI=1S/C16H24ClNO2/c1-16(2)7-13(16)8-18-9-15(19)11-20-10-12-3-5-14(17)6-4-12/h3-6,13,15,18-19H,7-11H2,1-2H3. The molecule has 0 radical (unpaired) electrons. The lowest BCUT2D eigenvalue weighted by molar-refractivity contribution is 0.0287. The number of nitrogens with one attached hydrogen (secondary N) is 1. The van der Waals surface area contributed by atoms with E-state index in [4.69, 9.17) is 16.3 Å². The average Bonchev–Trinajstić information content (AvgIpc) is 2.99. The number of hydrogen-bond donors (Lipinski definition) is 2. The fourth-order valence-corrected chi connectivity index (χ4v) is 2.43. The van der Waals surface area contributed by atoms with E-state index in [-0.39, 0.29) is 0 Å². The Morgan fingerprint density at radius 3 is 2.65 bits per heavy atom. The summed E-state index contributed by atoms with van der Waals surface area (Å²) in [4.78, 5) is 0. The Morgan fingerprint density at radius 1 is 1.40 bits per heavy atom. The quantitative estimate of drug-likeness (QED) is 0.775. The lowest BCUT2D eigenvalue weighted by Gasteiger charge is -2.13. The van der Waals surface area contributed by atoms with E-state index in [2.05, 4.69) is 19.2 Å². The topological polar surface area (TPSA) is 41.5 Å². The summed E-state index contributed by atoms with van der Waals surface area (Å²) in [6, 6.07) is 7.55. The van der Waals surface area contributed by atoms with E-state index in [1.807, 2.05) is 24.3 Å². The maximum atomic E-state index is 9.83. The van der Waals surface area contributed by atoms with Crippen molar-refractivity contribution in [2.24, 2.45) is 11.3 Å². The molecular formula is C16H24ClNO2. The van der Waals surface area contributed by atoms with Gasteiger partial charge in [-0.1, -0.05) is 37.6 Å². The minimum absolute atomic E-state index is 0.351. The van der Waals surface area contributed by atoms with Gasteiger partial charge in [0, 0.05) is 11.6 Å². The third-order valence-corrected chi connectivity index (χ3v) is 4.23. The van der Waals surface area contributed by atoms with Crippen molar-refractivity contribution in [3.8, 4) is 0 Å². The highest BCUT2D eigenvalue weighted by molar-refractivity contribution is 6.30. The minimum atomic E-state index is -0.454. The molecule has 0 bridgehead atoms. The van der Waals surface area contributed by atoms with Crippen LogP contribution in [0.1, 0.15) is 25.8 Å². The van der Waals surface area contributed by atoms with Gasteiger partial charge in [0.05, 0.1) is 19.3 Å². The zero-order valence-corrected chi connectivity index (χ0v) is 13.0. The van der Waals surface area contributed by atoms with Gasteiger partial charge < -0.3 is 15.2 Å². The van der Waals surface area contributed by atoms with Crippen LogP contribution in [0.2, 0.25) is 5.02 Å². The first-order chi connectivity index (χ1) is 9.47. The third-order valence-electron chi connectivity index (χ3n) is 3.98. The molecule has 2 unspecified atom stereocenters. The number of aliphatic hydroxyl groups excluding tert-OH is 1. The van der Waals surface area contributed by atoms with Crippen molar-refractivity contribution in [2.45, 2.75) is 33.0 Å². The summed E-state index contributed by atoms with van der Waals surface area (Å²) in [7, 11) is 0. The van der Waals surface area contributed by atoms with Gasteiger partial charge in [0.25, 0.3) is 0 Å². The highest BCUT2D eigenvalue weighted by Crippen LogP contribution is 2.50. The molecule has 1 aromatic carbocycles. The van der Waals surface area contributed by atoms with Crippen molar-refractivity contribution in [2.75, 3.05) is 19.7 Å². The lowest BCUT2D eigenvalue weighted by Crippen LogP contribution is -2.32. The van der Waals surface area contributed by atoms with Crippen molar-refractivity contribution in [1.82, 2.24) is 5.32 Å². The molecule has 20 heavy (non-hydrogen) atoms. The first kappa shape index (κ1) is 15.8. The molecule has 0 aliphatic heterocycles. The molecule has 2 atom stereocenters. The van der Waals surface area contributed by atoms with E-state index in [1.54, 1.807) is 0 Å². The highest BCUT2D eigenvalue weighted by Gasteiger charge is 2.44. The van der Waals surface area contributed by atoms with Gasteiger partial charge in [0.2, 0.25) is 0 Å². The van der Waals surface area contributed by atoms with E-state index in [9.17, 15) is 5.11 Å². The van der Waals surface area contributed by atoms with E-state index in [1.165, 1.54) is 6.42 Å². The lowest BCUT2D eigenvalue weighted by atomic mass is 10.1. The SMILES string of the molecule is CC1(C)CC1CNCC(O)COCc1ccc(Cl)cc1. The summed E-state index contributed by atoms with van der Waals surface area (Å²) < 4.78 is 5.50. The smallest absolute Gasteiger partial charge is 0.0897 e. The number of halogens is 1. The van der Waals surface area contributed by atoms with Crippen molar-refractivity contribution in [3.63, 3.8) is 0 Å². The van der Waals surface area contributed by atoms with Crippen LogP contribution >= 0.6 is 11.6 Å². The first-order valence-electron chi connectivity index (χ1n) is 7.18. The maximum absolute atomic E-state index is 9.83. The number of benzene rings is 1. The molecule has 1 aliphatic rings. The fourth-order valence-electron chi connectivity index (χ4n) is 2.30. The monoisotopic (exact) mass is 297 g/mol. The maximum Gasteiger partial charge on any atom is 0.0897 e. The molecular weight excluding hydrogens is 274 g/mol. The predicted octanol–water partition coefficient (Wildman–Crippen LogP) is 2.85. The fraction of sp³-hybridized carbons (Fsp3) is 0.625. The van der Waals surface area contributed by atoms with Gasteiger partial charge in [-0.25, -0.2) is 0 Å². The van der Waals surface area contributed by atoms with E-state index >= 15 is 0 Å². The normalized spacial score (nSPS) is 21.7. The number of ether oxygens (including phenoxy) is 1. The van der Waals surface area contributed by atoms with Crippen molar-refractivity contribution >= 4 is 11.6 Å². The Labute approximate surface area is 126 Å². The molecule has 1 fully saturated rings. The largest absolute Gasteiger partial charge is 0.389 e. The molecule has 3 nitrogen and oxygen atoms in total. The van der Waals surface area contributed by atoms with Crippen LogP contribution in [0.25, 0.3) is 0 Å². The van der Waals surface area contributed by atoms with Gasteiger partial charge >= 0.3 is 0 Å². The Morgan fingerprint density at radius 2 is 2.05 bits per heavy atom. The van der Waals surface area contributed by atoms with E-state index in [0.29, 0.717) is 25.2 Å².